The van der Waals surface area contributed by atoms with Crippen LogP contribution in [0.1, 0.15) is 17.5 Å². The second kappa shape index (κ2) is 7.48. The number of benzene rings is 1. The van der Waals surface area contributed by atoms with Gasteiger partial charge in [-0.15, -0.1) is 0 Å². The molecule has 1 aliphatic carbocycles. The fourth-order valence-electron chi connectivity index (χ4n) is 3.04. The van der Waals surface area contributed by atoms with E-state index in [1.165, 1.54) is 30.4 Å². The Bertz CT molecular complexity index is 877. The zero-order valence-corrected chi connectivity index (χ0v) is 14.3. The van der Waals surface area contributed by atoms with E-state index in [0.29, 0.717) is 11.1 Å². The number of nitrogens with two attached hydrogens (primary N) is 1. The number of carbonyl (C=O) groups is 2. The Morgan fingerprint density at radius 3 is 2.74 bits per heavy atom. The van der Waals surface area contributed by atoms with Crippen LogP contribution in [0.25, 0.3) is 0 Å². The van der Waals surface area contributed by atoms with Gasteiger partial charge in [0.2, 0.25) is 0 Å². The van der Waals surface area contributed by atoms with E-state index in [2.05, 4.69) is 4.99 Å². The molecule has 0 aromatic heterocycles. The maximum atomic E-state index is 14.4. The summed E-state index contributed by atoms with van der Waals surface area (Å²) in [5.41, 5.74) is 3.62. The molecule has 1 heterocycles. The molecular weight excluding hydrogens is 361 g/mol. The quantitative estimate of drug-likeness (QED) is 0.852. The van der Waals surface area contributed by atoms with Crippen molar-refractivity contribution in [2.75, 3.05) is 13.2 Å². The molecule has 5 nitrogen and oxygen atoms in total. The highest BCUT2D eigenvalue weighted by atomic mass is 19.3. The zero-order valence-electron chi connectivity index (χ0n) is 14.3. The van der Waals surface area contributed by atoms with E-state index in [1.807, 2.05) is 0 Å². The van der Waals surface area contributed by atoms with Crippen LogP contribution < -0.4 is 5.73 Å². The highest BCUT2D eigenvalue weighted by Crippen LogP contribution is 2.37. The summed E-state index contributed by atoms with van der Waals surface area (Å²) < 4.78 is 47.1. The lowest BCUT2D eigenvalue weighted by molar-refractivity contribution is -0.114. The summed E-state index contributed by atoms with van der Waals surface area (Å²) in [6.07, 6.45) is 1.19. The SMILES string of the molecule is NC1=N[C@@](c2cc(CC(=O)C3=CCC(=O)C=C3)ccc2F)(C(F)F)COC1. The van der Waals surface area contributed by atoms with Gasteiger partial charge in [-0.05, 0) is 29.8 Å². The van der Waals surface area contributed by atoms with Gasteiger partial charge in [-0.25, -0.2) is 13.2 Å². The molecule has 0 saturated heterocycles. The van der Waals surface area contributed by atoms with Crippen LogP contribution in [0, 0.1) is 5.82 Å². The van der Waals surface area contributed by atoms with Crippen molar-refractivity contribution >= 4 is 17.4 Å². The van der Waals surface area contributed by atoms with Crippen LogP contribution in [0.3, 0.4) is 0 Å². The van der Waals surface area contributed by atoms with Crippen LogP contribution in [0.2, 0.25) is 0 Å². The fraction of sp³-hybridized carbons (Fsp3) is 0.316. The van der Waals surface area contributed by atoms with Crippen LogP contribution in [0.15, 0.2) is 47.0 Å². The van der Waals surface area contributed by atoms with Gasteiger partial charge in [0.1, 0.15) is 18.3 Å². The maximum Gasteiger partial charge on any atom is 0.269 e. The van der Waals surface area contributed by atoms with Gasteiger partial charge in [0.05, 0.1) is 6.61 Å². The first-order valence-corrected chi connectivity index (χ1v) is 8.25. The Hall–Kier alpha value is -2.74. The van der Waals surface area contributed by atoms with Gasteiger partial charge < -0.3 is 10.5 Å². The average Bonchev–Trinajstić information content (AvgIpc) is 2.63. The number of ketones is 2. The second-order valence-electron chi connectivity index (χ2n) is 6.40. The van der Waals surface area contributed by atoms with Crippen molar-refractivity contribution in [1.82, 2.24) is 0 Å². The largest absolute Gasteiger partial charge is 0.385 e. The van der Waals surface area contributed by atoms with Crippen LogP contribution in [0.4, 0.5) is 13.2 Å². The summed E-state index contributed by atoms with van der Waals surface area (Å²) >= 11 is 0. The maximum absolute atomic E-state index is 14.4. The standard InChI is InChI=1S/C19H17F3N2O3/c20-15-6-1-11(8-16(26)12-2-4-13(25)5-3-12)7-14(15)19(18(21)22)10-27-9-17(23)24-19/h1-4,6-7,18H,5,8-10H2,(H2,23,24)/t19-/m0/s1. The molecule has 0 bridgehead atoms. The number of carbonyl (C=O) groups excluding carboxylic acids is 2. The number of aliphatic imine (C=N–C) groups is 1. The monoisotopic (exact) mass is 378 g/mol. The first-order valence-electron chi connectivity index (χ1n) is 8.25. The minimum absolute atomic E-state index is 0.104. The van der Waals surface area contributed by atoms with Crippen molar-refractivity contribution in [2.24, 2.45) is 10.7 Å². The number of ether oxygens (including phenoxy) is 1. The lowest BCUT2D eigenvalue weighted by Gasteiger charge is -2.33. The third-order valence-electron chi connectivity index (χ3n) is 4.43. The molecule has 27 heavy (non-hydrogen) atoms. The molecule has 0 radical (unpaired) electrons. The lowest BCUT2D eigenvalue weighted by Crippen LogP contribution is -2.45. The van der Waals surface area contributed by atoms with E-state index in [1.54, 1.807) is 0 Å². The minimum atomic E-state index is -3.05. The summed E-state index contributed by atoms with van der Waals surface area (Å²) in [5, 5.41) is 0. The minimum Gasteiger partial charge on any atom is -0.385 e. The molecule has 1 aromatic rings. The Morgan fingerprint density at radius 1 is 1.33 bits per heavy atom. The predicted octanol–water partition coefficient (Wildman–Crippen LogP) is 2.24. The van der Waals surface area contributed by atoms with E-state index >= 15 is 0 Å². The summed E-state index contributed by atoms with van der Waals surface area (Å²) in [6.45, 7) is -0.622. The van der Waals surface area contributed by atoms with Crippen LogP contribution in [-0.2, 0) is 26.3 Å². The van der Waals surface area contributed by atoms with E-state index in [9.17, 15) is 22.8 Å². The van der Waals surface area contributed by atoms with Crippen molar-refractivity contribution in [3.8, 4) is 0 Å². The van der Waals surface area contributed by atoms with Crippen molar-refractivity contribution in [3.63, 3.8) is 0 Å². The molecule has 0 saturated carbocycles. The van der Waals surface area contributed by atoms with E-state index in [-0.39, 0.29) is 42.4 Å². The smallest absolute Gasteiger partial charge is 0.269 e. The Morgan fingerprint density at radius 2 is 2.11 bits per heavy atom. The van der Waals surface area contributed by atoms with Crippen LogP contribution in [-0.4, -0.2) is 37.0 Å². The molecule has 1 aromatic carbocycles. The fourth-order valence-corrected chi connectivity index (χ4v) is 3.04. The topological polar surface area (TPSA) is 81.8 Å². The molecule has 8 heteroatoms. The average molecular weight is 378 g/mol. The first-order chi connectivity index (χ1) is 12.8. The number of halogens is 3. The van der Waals surface area contributed by atoms with Crippen molar-refractivity contribution in [3.05, 3.63) is 58.9 Å². The third-order valence-corrected chi connectivity index (χ3v) is 4.43. The van der Waals surface area contributed by atoms with E-state index < -0.39 is 24.4 Å². The normalized spacial score (nSPS) is 22.6. The summed E-state index contributed by atoms with van der Waals surface area (Å²) in [6, 6.07) is 3.57. The number of rotatable bonds is 5. The Kier molecular flexibility index (Phi) is 5.27. The third kappa shape index (κ3) is 3.85. The first kappa shape index (κ1) is 19.0. The second-order valence-corrected chi connectivity index (χ2v) is 6.40. The molecule has 1 aliphatic heterocycles. The number of alkyl halides is 2. The molecule has 2 aliphatic rings. The number of amidine groups is 1. The molecule has 0 unspecified atom stereocenters. The predicted molar refractivity (Wildman–Crippen MR) is 92.1 cm³/mol. The van der Waals surface area contributed by atoms with Crippen LogP contribution >= 0.6 is 0 Å². The summed E-state index contributed by atoms with van der Waals surface area (Å²) in [4.78, 5) is 27.3. The number of allylic oxidation sites excluding steroid dienone is 4. The Balaban J connectivity index is 1.92. The summed E-state index contributed by atoms with van der Waals surface area (Å²) in [7, 11) is 0. The molecule has 1 atom stereocenters. The van der Waals surface area contributed by atoms with Crippen molar-refractivity contribution < 1.29 is 27.5 Å². The van der Waals surface area contributed by atoms with Gasteiger partial charge in [0, 0.05) is 24.0 Å². The van der Waals surface area contributed by atoms with Gasteiger partial charge in [-0.2, -0.15) is 0 Å². The molecule has 2 N–H and O–H groups in total. The van der Waals surface area contributed by atoms with Gasteiger partial charge in [0.25, 0.3) is 6.43 Å². The molecular formula is C19H17F3N2O3. The highest BCUT2D eigenvalue weighted by molar-refractivity contribution is 6.04. The highest BCUT2D eigenvalue weighted by Gasteiger charge is 2.46. The van der Waals surface area contributed by atoms with Crippen LogP contribution in [0.5, 0.6) is 0 Å². The lowest BCUT2D eigenvalue weighted by atomic mass is 9.88. The van der Waals surface area contributed by atoms with E-state index in [0.717, 1.165) is 6.07 Å². The van der Waals surface area contributed by atoms with Crippen molar-refractivity contribution in [1.29, 1.82) is 0 Å². The number of Topliss-reactive ketones (excluding diaryl/α,β-unsaturated/α-hetero) is 1. The molecule has 0 amide bonds. The molecule has 0 spiro atoms. The Labute approximate surface area is 153 Å². The van der Waals surface area contributed by atoms with E-state index in [4.69, 9.17) is 10.5 Å². The number of hydrogen-bond acceptors (Lipinski definition) is 5. The zero-order chi connectivity index (χ0) is 19.6. The van der Waals surface area contributed by atoms with Crippen molar-refractivity contribution in [2.45, 2.75) is 24.8 Å². The van der Waals surface area contributed by atoms with Gasteiger partial charge in [-0.1, -0.05) is 12.1 Å². The van der Waals surface area contributed by atoms with Gasteiger partial charge >= 0.3 is 0 Å². The number of nitrogens with zero attached hydrogens (tertiary/aromatic N) is 1. The summed E-state index contributed by atoms with van der Waals surface area (Å²) in [5.74, 6) is -1.44. The molecule has 142 valence electrons. The molecule has 3 rings (SSSR count). The van der Waals surface area contributed by atoms with Gasteiger partial charge in [0.15, 0.2) is 17.1 Å². The number of hydrogen-bond donors (Lipinski definition) is 1. The van der Waals surface area contributed by atoms with Gasteiger partial charge in [-0.3, -0.25) is 14.6 Å². The molecule has 0 fully saturated rings.